The van der Waals surface area contributed by atoms with Crippen LogP contribution in [0.2, 0.25) is 5.02 Å². The maximum Gasteiger partial charge on any atom is 0.306 e. The van der Waals surface area contributed by atoms with Crippen molar-refractivity contribution in [2.45, 2.75) is 81.4 Å². The van der Waals surface area contributed by atoms with Gasteiger partial charge in [0.05, 0.1) is 28.9 Å². The van der Waals surface area contributed by atoms with Crippen LogP contribution < -0.4 is 15.4 Å². The van der Waals surface area contributed by atoms with Crippen molar-refractivity contribution in [3.8, 4) is 11.8 Å². The van der Waals surface area contributed by atoms with Crippen molar-refractivity contribution >= 4 is 46.8 Å². The third-order valence-corrected chi connectivity index (χ3v) is 10.1. The van der Waals surface area contributed by atoms with Crippen molar-refractivity contribution in [3.05, 3.63) is 87.7 Å². The zero-order valence-corrected chi connectivity index (χ0v) is 28.7. The Bertz CT molecular complexity index is 1750. The summed E-state index contributed by atoms with van der Waals surface area (Å²) >= 11 is 8.40. The van der Waals surface area contributed by atoms with E-state index in [-0.39, 0.29) is 37.7 Å². The van der Waals surface area contributed by atoms with E-state index in [1.165, 1.54) is 11.0 Å². The van der Waals surface area contributed by atoms with Gasteiger partial charge in [0, 0.05) is 40.8 Å². The van der Waals surface area contributed by atoms with Gasteiger partial charge in [0.25, 0.3) is 5.91 Å². The van der Waals surface area contributed by atoms with Crippen LogP contribution >= 0.6 is 23.4 Å². The maximum absolute atomic E-state index is 14.5. The van der Waals surface area contributed by atoms with Gasteiger partial charge in [-0.15, -0.1) is 11.8 Å². The number of fused-ring (bicyclic) bond motifs is 1. The summed E-state index contributed by atoms with van der Waals surface area (Å²) in [5.74, 6) is -1.37. The molecule has 0 spiro atoms. The first-order valence-electron chi connectivity index (χ1n) is 15.8. The Kier molecular flexibility index (Phi) is 10.9. The number of ether oxygens (including phenoxy) is 2. The third kappa shape index (κ3) is 8.41. The van der Waals surface area contributed by atoms with Crippen LogP contribution in [0.5, 0.6) is 5.75 Å². The lowest BCUT2D eigenvalue weighted by Gasteiger charge is -2.33. The summed E-state index contributed by atoms with van der Waals surface area (Å²) in [6, 6.07) is 16.6. The number of esters is 1. The van der Waals surface area contributed by atoms with Crippen LogP contribution in [-0.4, -0.2) is 52.7 Å². The Balaban J connectivity index is 1.17. The van der Waals surface area contributed by atoms with Gasteiger partial charge in [-0.05, 0) is 88.1 Å². The van der Waals surface area contributed by atoms with Gasteiger partial charge in [0.15, 0.2) is 0 Å². The molecular weight excluding hydrogens is 655 g/mol. The number of nitriles is 1. The van der Waals surface area contributed by atoms with Crippen LogP contribution in [-0.2, 0) is 27.5 Å². The number of halogens is 2. The van der Waals surface area contributed by atoms with Crippen LogP contribution in [0.25, 0.3) is 0 Å². The van der Waals surface area contributed by atoms with Crippen molar-refractivity contribution < 1.29 is 28.2 Å². The number of nitrogens with two attached hydrogens (primary N) is 1. The normalized spacial score (nSPS) is 15.5. The molecule has 48 heavy (non-hydrogen) atoms. The molecule has 2 aliphatic rings. The molecule has 3 aromatic carbocycles. The lowest BCUT2D eigenvalue weighted by atomic mass is 10.1. The van der Waals surface area contributed by atoms with E-state index < -0.39 is 23.5 Å². The van der Waals surface area contributed by atoms with Crippen LogP contribution in [0.15, 0.2) is 59.5 Å². The van der Waals surface area contributed by atoms with E-state index in [4.69, 9.17) is 32.1 Å². The molecule has 0 bridgehead atoms. The lowest BCUT2D eigenvalue weighted by molar-refractivity contribution is -0.155. The molecule has 3 aromatic rings. The van der Waals surface area contributed by atoms with E-state index in [0.29, 0.717) is 51.5 Å². The summed E-state index contributed by atoms with van der Waals surface area (Å²) in [7, 11) is 0. The Hall–Kier alpha value is -4.27. The average Bonchev–Trinajstić information content (AvgIpc) is 3.37. The average molecular weight is 693 g/mol. The number of hydrogen-bond acceptors (Lipinski definition) is 8. The van der Waals surface area contributed by atoms with Crippen LogP contribution in [0.1, 0.15) is 73.5 Å². The van der Waals surface area contributed by atoms with Gasteiger partial charge in [0.1, 0.15) is 29.8 Å². The molecule has 0 aromatic heterocycles. The monoisotopic (exact) mass is 692 g/mol. The summed E-state index contributed by atoms with van der Waals surface area (Å²) in [5, 5.41) is 9.94. The second-order valence-electron chi connectivity index (χ2n) is 12.9. The predicted molar refractivity (Wildman–Crippen MR) is 182 cm³/mol. The van der Waals surface area contributed by atoms with Crippen molar-refractivity contribution in [1.82, 2.24) is 4.90 Å². The zero-order chi connectivity index (χ0) is 34.6. The third-order valence-electron chi connectivity index (χ3n) is 8.24. The predicted octanol–water partition coefficient (Wildman–Crippen LogP) is 6.62. The smallest absolute Gasteiger partial charge is 0.306 e. The molecule has 1 saturated heterocycles. The van der Waals surface area contributed by atoms with E-state index >= 15 is 0 Å². The van der Waals surface area contributed by atoms with Crippen LogP contribution in [0.3, 0.4) is 0 Å². The van der Waals surface area contributed by atoms with Gasteiger partial charge in [-0.25, -0.2) is 4.39 Å². The van der Waals surface area contributed by atoms with Crippen LogP contribution in [0, 0.1) is 17.1 Å². The van der Waals surface area contributed by atoms with E-state index in [2.05, 4.69) is 0 Å². The summed E-state index contributed by atoms with van der Waals surface area (Å²) in [6.07, 6.45) is 1.72. The van der Waals surface area contributed by atoms with E-state index in [9.17, 15) is 18.8 Å². The maximum atomic E-state index is 14.5. The fourth-order valence-electron chi connectivity index (χ4n) is 5.93. The molecule has 1 unspecified atom stereocenters. The number of thioether (sulfide) groups is 1. The zero-order valence-electron chi connectivity index (χ0n) is 27.1. The van der Waals surface area contributed by atoms with Gasteiger partial charge in [-0.3, -0.25) is 14.4 Å². The Morgan fingerprint density at radius 2 is 1.90 bits per heavy atom. The van der Waals surface area contributed by atoms with Gasteiger partial charge < -0.3 is 25.0 Å². The number of carbonyl (C=O) groups is 3. The number of anilines is 1. The van der Waals surface area contributed by atoms with Gasteiger partial charge in [-0.1, -0.05) is 23.7 Å². The van der Waals surface area contributed by atoms with Crippen molar-refractivity contribution in [3.63, 3.8) is 0 Å². The quantitative estimate of drug-likeness (QED) is 0.222. The van der Waals surface area contributed by atoms with E-state index in [1.54, 1.807) is 62.9 Å². The first-order chi connectivity index (χ1) is 22.8. The topological polar surface area (TPSA) is 126 Å². The van der Waals surface area contributed by atoms with Gasteiger partial charge >= 0.3 is 5.97 Å². The summed E-state index contributed by atoms with van der Waals surface area (Å²) in [5.41, 5.74) is 7.76. The first kappa shape index (κ1) is 35.0. The molecular formula is C36H38ClFN4O5S. The fraction of sp³-hybridized carbons (Fsp3) is 0.389. The number of amides is 2. The van der Waals surface area contributed by atoms with Gasteiger partial charge in [-0.2, -0.15) is 5.26 Å². The molecule has 1 fully saturated rings. The molecule has 0 radical (unpaired) electrons. The summed E-state index contributed by atoms with van der Waals surface area (Å²) in [4.78, 5) is 42.3. The second kappa shape index (κ2) is 14.9. The van der Waals surface area contributed by atoms with Crippen molar-refractivity contribution in [2.75, 3.05) is 18.0 Å². The minimum atomic E-state index is -0.974. The van der Waals surface area contributed by atoms with Crippen molar-refractivity contribution in [2.24, 2.45) is 5.73 Å². The summed E-state index contributed by atoms with van der Waals surface area (Å²) < 4.78 is 26.0. The Morgan fingerprint density at radius 3 is 2.54 bits per heavy atom. The Labute approximate surface area is 289 Å². The molecule has 9 nitrogen and oxygen atoms in total. The number of primary amides is 1. The molecule has 0 saturated carbocycles. The molecule has 2 heterocycles. The number of hydrogen-bond donors (Lipinski definition) is 1. The SMILES string of the molecule is CC(C)(C)OC(=O)CCC(C(N)=O)N1Cc2c(OCc3ccc(SC4CCN(c5ccc(C#N)cc5F)CC4)c(Cl)c3)cccc2C1=O. The molecule has 0 aliphatic carbocycles. The minimum Gasteiger partial charge on any atom is -0.489 e. The number of benzene rings is 3. The second-order valence-corrected chi connectivity index (χ2v) is 14.6. The number of piperidine rings is 1. The molecule has 1 atom stereocenters. The number of nitrogens with zero attached hydrogens (tertiary/aromatic N) is 3. The van der Waals surface area contributed by atoms with Gasteiger partial charge in [0.2, 0.25) is 5.91 Å². The fourth-order valence-corrected chi connectivity index (χ4v) is 7.39. The molecule has 12 heteroatoms. The number of rotatable bonds is 11. The molecule has 5 rings (SSSR count). The van der Waals surface area contributed by atoms with E-state index in [1.807, 2.05) is 29.2 Å². The molecule has 2 aliphatic heterocycles. The highest BCUT2D eigenvalue weighted by atomic mass is 35.5. The minimum absolute atomic E-state index is 0.0534. The lowest BCUT2D eigenvalue weighted by Crippen LogP contribution is -2.45. The highest BCUT2D eigenvalue weighted by molar-refractivity contribution is 8.00. The highest BCUT2D eigenvalue weighted by Crippen LogP contribution is 2.38. The highest BCUT2D eigenvalue weighted by Gasteiger charge is 2.37. The molecule has 252 valence electrons. The molecule has 2 N–H and O–H groups in total. The van der Waals surface area contributed by atoms with Crippen LogP contribution in [0.4, 0.5) is 10.1 Å². The Morgan fingerprint density at radius 1 is 1.15 bits per heavy atom. The first-order valence-corrected chi connectivity index (χ1v) is 17.0. The van der Waals surface area contributed by atoms with Crippen molar-refractivity contribution in [1.29, 1.82) is 5.26 Å². The summed E-state index contributed by atoms with van der Waals surface area (Å²) in [6.45, 7) is 7.02. The molecule has 2 amide bonds. The largest absolute Gasteiger partial charge is 0.489 e. The standard InChI is InChI=1S/C36H38ClFN4O5S/c1-36(2,3)47-33(43)12-10-30(34(40)44)42-20-26-25(35(42)45)5-4-6-31(26)46-21-23-8-11-32(27(37)17-23)48-24-13-15-41(16-14-24)29-9-7-22(19-39)18-28(29)38/h4-9,11,17-18,24,30H,10,12-16,20-21H2,1-3H3,(H2,40,44). The van der Waals surface area contributed by atoms with E-state index in [0.717, 1.165) is 23.3 Å². The number of carbonyl (C=O) groups excluding carboxylic acids is 3.